The van der Waals surface area contributed by atoms with E-state index in [1.165, 1.54) is 18.2 Å². The summed E-state index contributed by atoms with van der Waals surface area (Å²) in [5.74, 6) is -0.700. The highest BCUT2D eigenvalue weighted by Gasteiger charge is 2.19. The van der Waals surface area contributed by atoms with Crippen LogP contribution in [0.1, 0.15) is 27.3 Å². The van der Waals surface area contributed by atoms with E-state index in [0.29, 0.717) is 17.9 Å². The van der Waals surface area contributed by atoms with Crippen LogP contribution in [-0.2, 0) is 6.54 Å². The molecule has 1 aromatic heterocycles. The maximum Gasteiger partial charge on any atom is 0.387 e. The molecule has 2 aromatic carbocycles. The molecule has 140 valence electrons. The van der Waals surface area contributed by atoms with Gasteiger partial charge in [0.1, 0.15) is 5.75 Å². The van der Waals surface area contributed by atoms with Crippen molar-refractivity contribution in [2.75, 3.05) is 5.32 Å². The first-order valence-electron chi connectivity index (χ1n) is 8.39. The van der Waals surface area contributed by atoms with E-state index >= 15 is 0 Å². The SMILES string of the molecule is Cc1nn(Cc2ccccc2)c(C)c1NC(=O)c1ccccc1OC(F)F. The summed E-state index contributed by atoms with van der Waals surface area (Å²) in [6.07, 6.45) is 0. The maximum absolute atomic E-state index is 12.6. The van der Waals surface area contributed by atoms with E-state index < -0.39 is 12.5 Å². The lowest BCUT2D eigenvalue weighted by Gasteiger charge is -2.11. The summed E-state index contributed by atoms with van der Waals surface area (Å²) in [5.41, 5.74) is 3.09. The number of aryl methyl sites for hydroxylation is 1. The van der Waals surface area contributed by atoms with Crippen LogP contribution in [0.3, 0.4) is 0 Å². The van der Waals surface area contributed by atoms with Gasteiger partial charge in [0.15, 0.2) is 0 Å². The number of carbonyl (C=O) groups is 1. The Bertz CT molecular complexity index is 940. The fraction of sp³-hybridized carbons (Fsp3) is 0.200. The van der Waals surface area contributed by atoms with Gasteiger partial charge < -0.3 is 10.1 Å². The lowest BCUT2D eigenvalue weighted by molar-refractivity contribution is -0.0501. The van der Waals surface area contributed by atoms with E-state index in [9.17, 15) is 13.6 Å². The van der Waals surface area contributed by atoms with Gasteiger partial charge in [0.05, 0.1) is 29.2 Å². The number of ether oxygens (including phenoxy) is 1. The molecule has 0 saturated heterocycles. The zero-order valence-corrected chi connectivity index (χ0v) is 14.9. The second-order valence-electron chi connectivity index (χ2n) is 6.02. The minimum atomic E-state index is -3.00. The number of aromatic nitrogens is 2. The summed E-state index contributed by atoms with van der Waals surface area (Å²) < 4.78 is 31.4. The average molecular weight is 371 g/mol. The number of halogens is 2. The van der Waals surface area contributed by atoms with Crippen LogP contribution < -0.4 is 10.1 Å². The Kier molecular flexibility index (Phi) is 5.49. The van der Waals surface area contributed by atoms with E-state index in [-0.39, 0.29) is 11.3 Å². The van der Waals surface area contributed by atoms with E-state index in [4.69, 9.17) is 0 Å². The third-order valence-corrected chi connectivity index (χ3v) is 4.14. The molecule has 1 amide bonds. The Morgan fingerprint density at radius 2 is 1.78 bits per heavy atom. The van der Waals surface area contributed by atoms with Gasteiger partial charge in [0.25, 0.3) is 5.91 Å². The monoisotopic (exact) mass is 371 g/mol. The van der Waals surface area contributed by atoms with Gasteiger partial charge in [-0.1, -0.05) is 42.5 Å². The highest BCUT2D eigenvalue weighted by molar-refractivity contribution is 6.06. The molecule has 3 rings (SSSR count). The minimum Gasteiger partial charge on any atom is -0.434 e. The van der Waals surface area contributed by atoms with Gasteiger partial charge in [-0.15, -0.1) is 0 Å². The number of nitrogens with one attached hydrogen (secondary N) is 1. The predicted molar refractivity (Wildman–Crippen MR) is 98.3 cm³/mol. The first kappa shape index (κ1) is 18.6. The molecule has 7 heteroatoms. The van der Waals surface area contributed by atoms with Crippen molar-refractivity contribution in [3.05, 3.63) is 77.1 Å². The highest BCUT2D eigenvalue weighted by Crippen LogP contribution is 2.25. The van der Waals surface area contributed by atoms with E-state index in [1.54, 1.807) is 17.7 Å². The lowest BCUT2D eigenvalue weighted by atomic mass is 10.1. The Labute approximate surface area is 155 Å². The van der Waals surface area contributed by atoms with Gasteiger partial charge in [0, 0.05) is 0 Å². The van der Waals surface area contributed by atoms with Crippen LogP contribution in [0, 0.1) is 13.8 Å². The number of carbonyl (C=O) groups excluding carboxylic acids is 1. The van der Waals surface area contributed by atoms with Crippen LogP contribution in [0.2, 0.25) is 0 Å². The molecule has 0 atom stereocenters. The average Bonchev–Trinajstić information content (AvgIpc) is 2.90. The molecule has 0 aliphatic rings. The van der Waals surface area contributed by atoms with Crippen LogP contribution in [0.4, 0.5) is 14.5 Å². The predicted octanol–water partition coefficient (Wildman–Crippen LogP) is 4.40. The molecule has 27 heavy (non-hydrogen) atoms. The zero-order valence-electron chi connectivity index (χ0n) is 14.9. The second-order valence-corrected chi connectivity index (χ2v) is 6.02. The van der Waals surface area contributed by atoms with Crippen LogP contribution >= 0.6 is 0 Å². The Morgan fingerprint density at radius 3 is 2.48 bits per heavy atom. The van der Waals surface area contributed by atoms with Crippen molar-refractivity contribution in [3.63, 3.8) is 0 Å². The summed E-state index contributed by atoms with van der Waals surface area (Å²) in [6.45, 7) is 1.19. The first-order chi connectivity index (χ1) is 13.0. The summed E-state index contributed by atoms with van der Waals surface area (Å²) in [4.78, 5) is 12.6. The fourth-order valence-electron chi connectivity index (χ4n) is 2.82. The molecular formula is C20H19F2N3O2. The molecule has 0 radical (unpaired) electrons. The number of hydrogen-bond acceptors (Lipinski definition) is 3. The Balaban J connectivity index is 1.83. The largest absolute Gasteiger partial charge is 0.434 e. The topological polar surface area (TPSA) is 56.2 Å². The number of amides is 1. The smallest absolute Gasteiger partial charge is 0.387 e. The van der Waals surface area contributed by atoms with Crippen LogP contribution in [0.15, 0.2) is 54.6 Å². The van der Waals surface area contributed by atoms with Crippen LogP contribution in [-0.4, -0.2) is 22.3 Å². The molecule has 0 spiro atoms. The highest BCUT2D eigenvalue weighted by atomic mass is 19.3. The van der Waals surface area contributed by atoms with Crippen molar-refractivity contribution in [3.8, 4) is 5.75 Å². The summed E-state index contributed by atoms with van der Waals surface area (Å²) in [5, 5.41) is 7.24. The molecule has 1 heterocycles. The standard InChI is InChI=1S/C20H19F2N3O2/c1-13-18(14(2)25(24-13)12-15-8-4-3-5-9-15)23-19(26)16-10-6-7-11-17(16)27-20(21)22/h3-11,20H,12H2,1-2H3,(H,23,26). The van der Waals surface area contributed by atoms with Crippen LogP contribution in [0.5, 0.6) is 5.75 Å². The number of nitrogens with zero attached hydrogens (tertiary/aromatic N) is 2. The van der Waals surface area contributed by atoms with Crippen molar-refractivity contribution in [1.82, 2.24) is 9.78 Å². The Morgan fingerprint density at radius 1 is 1.11 bits per heavy atom. The fourth-order valence-corrected chi connectivity index (χ4v) is 2.82. The summed E-state index contributed by atoms with van der Waals surface area (Å²) >= 11 is 0. The summed E-state index contributed by atoms with van der Waals surface area (Å²) in [7, 11) is 0. The van der Waals surface area contributed by atoms with Crippen molar-refractivity contribution < 1.29 is 18.3 Å². The molecule has 0 aliphatic heterocycles. The van der Waals surface area contributed by atoms with E-state index in [0.717, 1.165) is 11.3 Å². The molecule has 0 aliphatic carbocycles. The van der Waals surface area contributed by atoms with Crippen molar-refractivity contribution in [1.29, 1.82) is 0 Å². The number of rotatable bonds is 6. The molecule has 3 aromatic rings. The van der Waals surface area contributed by atoms with Gasteiger partial charge in [-0.25, -0.2) is 0 Å². The number of hydrogen-bond donors (Lipinski definition) is 1. The number of alkyl halides is 2. The first-order valence-corrected chi connectivity index (χ1v) is 8.39. The molecule has 0 unspecified atom stereocenters. The minimum absolute atomic E-state index is 0.0346. The van der Waals surface area contributed by atoms with Gasteiger partial charge in [0.2, 0.25) is 0 Å². The quantitative estimate of drug-likeness (QED) is 0.699. The van der Waals surface area contributed by atoms with Crippen molar-refractivity contribution >= 4 is 11.6 Å². The number of anilines is 1. The molecule has 0 fully saturated rings. The number of para-hydroxylation sites is 1. The second kappa shape index (κ2) is 7.99. The lowest BCUT2D eigenvalue weighted by Crippen LogP contribution is -2.16. The summed E-state index contributed by atoms with van der Waals surface area (Å²) in [6, 6.07) is 15.7. The molecular weight excluding hydrogens is 352 g/mol. The van der Waals surface area contributed by atoms with Gasteiger partial charge in [-0.2, -0.15) is 13.9 Å². The molecule has 0 bridgehead atoms. The van der Waals surface area contributed by atoms with Gasteiger partial charge in [-0.05, 0) is 31.5 Å². The van der Waals surface area contributed by atoms with E-state index in [1.807, 2.05) is 37.3 Å². The van der Waals surface area contributed by atoms with Gasteiger partial charge >= 0.3 is 6.61 Å². The third kappa shape index (κ3) is 4.31. The molecule has 5 nitrogen and oxygen atoms in total. The number of benzene rings is 2. The third-order valence-electron chi connectivity index (χ3n) is 4.14. The maximum atomic E-state index is 12.6. The molecule has 0 saturated carbocycles. The van der Waals surface area contributed by atoms with E-state index in [2.05, 4.69) is 15.2 Å². The zero-order chi connectivity index (χ0) is 19.4. The molecule has 1 N–H and O–H groups in total. The van der Waals surface area contributed by atoms with Crippen LogP contribution in [0.25, 0.3) is 0 Å². The normalized spacial score (nSPS) is 10.9. The van der Waals surface area contributed by atoms with Crippen molar-refractivity contribution in [2.45, 2.75) is 27.0 Å². The van der Waals surface area contributed by atoms with Crippen molar-refractivity contribution in [2.24, 2.45) is 0 Å². The Hall–Kier alpha value is -3.22. The van der Waals surface area contributed by atoms with Gasteiger partial charge in [-0.3, -0.25) is 9.48 Å².